The maximum Gasteiger partial charge on any atom is 0.303 e. The van der Waals surface area contributed by atoms with Gasteiger partial charge in [-0.2, -0.15) is 0 Å². The molecule has 0 aliphatic carbocycles. The Morgan fingerprint density at radius 2 is 1.89 bits per heavy atom. The molecule has 0 heterocycles. The maximum absolute atomic E-state index is 13.2. The highest BCUT2D eigenvalue weighted by molar-refractivity contribution is 5.69. The van der Waals surface area contributed by atoms with E-state index in [-0.39, 0.29) is 12.2 Å². The van der Waals surface area contributed by atoms with Crippen LogP contribution in [0.4, 0.5) is 15.8 Å². The predicted octanol–water partition coefficient (Wildman–Crippen LogP) is 3.59. The highest BCUT2D eigenvalue weighted by atomic mass is 19.1. The van der Waals surface area contributed by atoms with Crippen molar-refractivity contribution in [3.8, 4) is 0 Å². The van der Waals surface area contributed by atoms with E-state index in [1.165, 1.54) is 12.1 Å². The van der Waals surface area contributed by atoms with Gasteiger partial charge in [-0.25, -0.2) is 4.39 Å². The van der Waals surface area contributed by atoms with Crippen molar-refractivity contribution >= 4 is 17.3 Å². The number of rotatable bonds is 5. The van der Waals surface area contributed by atoms with Gasteiger partial charge in [0.15, 0.2) is 0 Å². The molecule has 2 aromatic rings. The number of hydrogen-bond donors (Lipinski definition) is 2. The average Bonchev–Trinajstić information content (AvgIpc) is 2.40. The van der Waals surface area contributed by atoms with Gasteiger partial charge in [0, 0.05) is 17.8 Å². The van der Waals surface area contributed by atoms with Gasteiger partial charge in [0.25, 0.3) is 0 Å². The predicted molar refractivity (Wildman–Crippen MR) is 72.1 cm³/mol. The fourth-order valence-corrected chi connectivity index (χ4v) is 1.81. The molecule has 0 unspecified atom stereocenters. The fourth-order valence-electron chi connectivity index (χ4n) is 1.81. The summed E-state index contributed by atoms with van der Waals surface area (Å²) in [5.41, 5.74) is 2.27. The summed E-state index contributed by atoms with van der Waals surface area (Å²) in [6.45, 7) is 0. The first-order valence-corrected chi connectivity index (χ1v) is 5.97. The van der Waals surface area contributed by atoms with E-state index in [0.29, 0.717) is 12.0 Å². The Kier molecular flexibility index (Phi) is 4.13. The summed E-state index contributed by atoms with van der Waals surface area (Å²) in [4.78, 5) is 10.6. The summed E-state index contributed by atoms with van der Waals surface area (Å²) in [7, 11) is 0. The molecule has 3 nitrogen and oxygen atoms in total. The minimum absolute atomic E-state index is 0.0209. The van der Waals surface area contributed by atoms with Crippen molar-refractivity contribution in [1.82, 2.24) is 0 Å². The first-order valence-electron chi connectivity index (χ1n) is 5.97. The summed E-state index contributed by atoms with van der Waals surface area (Å²) in [5, 5.41) is 11.9. The molecule has 2 N–H and O–H groups in total. The molecule has 2 aromatic carbocycles. The van der Waals surface area contributed by atoms with E-state index in [9.17, 15) is 9.18 Å². The second kappa shape index (κ2) is 6.00. The normalized spacial score (nSPS) is 10.2. The molecule has 2 rings (SSSR count). The van der Waals surface area contributed by atoms with Gasteiger partial charge in [0.05, 0.1) is 0 Å². The summed E-state index contributed by atoms with van der Waals surface area (Å²) >= 11 is 0. The Bertz CT molecular complexity index is 570. The van der Waals surface area contributed by atoms with Gasteiger partial charge in [-0.05, 0) is 42.3 Å². The van der Waals surface area contributed by atoms with Crippen molar-refractivity contribution in [2.24, 2.45) is 0 Å². The molecule has 19 heavy (non-hydrogen) atoms. The highest BCUT2D eigenvalue weighted by Crippen LogP contribution is 2.23. The molecule has 4 heteroatoms. The van der Waals surface area contributed by atoms with E-state index in [1.807, 2.05) is 30.3 Å². The Morgan fingerprint density at radius 1 is 1.16 bits per heavy atom. The van der Waals surface area contributed by atoms with E-state index in [1.54, 1.807) is 6.07 Å². The number of para-hydroxylation sites is 1. The van der Waals surface area contributed by atoms with Gasteiger partial charge in [-0.1, -0.05) is 18.2 Å². The second-order valence-corrected chi connectivity index (χ2v) is 4.19. The first kappa shape index (κ1) is 13.1. The molecule has 0 aliphatic rings. The first-order chi connectivity index (χ1) is 9.15. The maximum atomic E-state index is 13.2. The fraction of sp³-hybridized carbons (Fsp3) is 0.133. The minimum Gasteiger partial charge on any atom is -0.481 e. The van der Waals surface area contributed by atoms with E-state index >= 15 is 0 Å². The molecular formula is C15H14FNO2. The number of carbonyl (C=O) groups is 1. The molecule has 0 saturated carbocycles. The Labute approximate surface area is 110 Å². The third-order valence-electron chi connectivity index (χ3n) is 2.73. The Hall–Kier alpha value is -2.36. The molecule has 0 radical (unpaired) electrons. The van der Waals surface area contributed by atoms with Crippen molar-refractivity contribution in [2.45, 2.75) is 12.8 Å². The van der Waals surface area contributed by atoms with Crippen LogP contribution < -0.4 is 5.32 Å². The van der Waals surface area contributed by atoms with Crippen LogP contribution in [0.1, 0.15) is 12.0 Å². The monoisotopic (exact) mass is 259 g/mol. The molecule has 98 valence electrons. The van der Waals surface area contributed by atoms with E-state index in [0.717, 1.165) is 11.4 Å². The summed E-state index contributed by atoms with van der Waals surface area (Å²) in [6, 6.07) is 13.8. The van der Waals surface area contributed by atoms with Gasteiger partial charge in [0.2, 0.25) is 0 Å². The lowest BCUT2D eigenvalue weighted by Gasteiger charge is -2.11. The average molecular weight is 259 g/mol. The van der Waals surface area contributed by atoms with Gasteiger partial charge < -0.3 is 10.4 Å². The van der Waals surface area contributed by atoms with Crippen LogP contribution in [0.15, 0.2) is 48.5 Å². The molecule has 0 saturated heterocycles. The van der Waals surface area contributed by atoms with Crippen LogP contribution in [0.2, 0.25) is 0 Å². The Morgan fingerprint density at radius 3 is 2.58 bits per heavy atom. The van der Waals surface area contributed by atoms with E-state index in [2.05, 4.69) is 5.32 Å². The molecule has 0 atom stereocenters. The zero-order valence-electron chi connectivity index (χ0n) is 10.3. The highest BCUT2D eigenvalue weighted by Gasteiger charge is 2.07. The van der Waals surface area contributed by atoms with Gasteiger partial charge >= 0.3 is 5.97 Å². The third-order valence-corrected chi connectivity index (χ3v) is 2.73. The SMILES string of the molecule is O=C(O)CCc1cc(F)ccc1Nc1ccccc1. The Balaban J connectivity index is 2.21. The van der Waals surface area contributed by atoms with E-state index < -0.39 is 5.97 Å². The molecule has 0 spiro atoms. The molecule has 0 aromatic heterocycles. The number of aryl methyl sites for hydroxylation is 1. The number of anilines is 2. The van der Waals surface area contributed by atoms with Crippen molar-refractivity contribution in [1.29, 1.82) is 0 Å². The van der Waals surface area contributed by atoms with Crippen molar-refractivity contribution in [3.63, 3.8) is 0 Å². The number of hydrogen-bond acceptors (Lipinski definition) is 2. The smallest absolute Gasteiger partial charge is 0.303 e. The number of carboxylic acid groups (broad SMARTS) is 1. The standard InChI is InChI=1S/C15H14FNO2/c16-12-7-8-14(11(10-12)6-9-15(18)19)17-13-4-2-1-3-5-13/h1-5,7-8,10,17H,6,9H2,(H,18,19). The van der Waals surface area contributed by atoms with E-state index in [4.69, 9.17) is 5.11 Å². The van der Waals surface area contributed by atoms with Gasteiger partial charge in [0.1, 0.15) is 5.82 Å². The lowest BCUT2D eigenvalue weighted by atomic mass is 10.1. The van der Waals surface area contributed by atoms with Crippen LogP contribution in [0.25, 0.3) is 0 Å². The molecular weight excluding hydrogens is 245 g/mol. The topological polar surface area (TPSA) is 49.3 Å². The number of benzene rings is 2. The number of aliphatic carboxylic acids is 1. The van der Waals surface area contributed by atoms with Crippen LogP contribution in [-0.2, 0) is 11.2 Å². The van der Waals surface area contributed by atoms with Gasteiger partial charge in [-0.15, -0.1) is 0 Å². The molecule has 0 aliphatic heterocycles. The molecule has 0 bridgehead atoms. The van der Waals surface area contributed by atoms with Crippen LogP contribution in [0, 0.1) is 5.82 Å². The third kappa shape index (κ3) is 3.81. The summed E-state index contributed by atoms with van der Waals surface area (Å²) in [5.74, 6) is -1.26. The summed E-state index contributed by atoms with van der Waals surface area (Å²) < 4.78 is 13.2. The largest absolute Gasteiger partial charge is 0.481 e. The van der Waals surface area contributed by atoms with Crippen LogP contribution >= 0.6 is 0 Å². The van der Waals surface area contributed by atoms with Gasteiger partial charge in [-0.3, -0.25) is 4.79 Å². The minimum atomic E-state index is -0.894. The second-order valence-electron chi connectivity index (χ2n) is 4.19. The number of carboxylic acids is 1. The lowest BCUT2D eigenvalue weighted by molar-refractivity contribution is -0.136. The molecule has 0 fully saturated rings. The molecule has 0 amide bonds. The van der Waals surface area contributed by atoms with Crippen molar-refractivity contribution < 1.29 is 14.3 Å². The van der Waals surface area contributed by atoms with Crippen molar-refractivity contribution in [2.75, 3.05) is 5.32 Å². The van der Waals surface area contributed by atoms with Crippen LogP contribution in [0.3, 0.4) is 0 Å². The lowest BCUT2D eigenvalue weighted by Crippen LogP contribution is -2.01. The summed E-state index contributed by atoms with van der Waals surface area (Å²) in [6.07, 6.45) is 0.273. The zero-order valence-corrected chi connectivity index (χ0v) is 10.3. The van der Waals surface area contributed by atoms with Crippen LogP contribution in [0.5, 0.6) is 0 Å². The quantitative estimate of drug-likeness (QED) is 0.862. The van der Waals surface area contributed by atoms with Crippen LogP contribution in [-0.4, -0.2) is 11.1 Å². The van der Waals surface area contributed by atoms with Crippen molar-refractivity contribution in [3.05, 3.63) is 59.9 Å². The number of halogens is 1. The number of nitrogens with one attached hydrogen (secondary N) is 1. The zero-order chi connectivity index (χ0) is 13.7.